The summed E-state index contributed by atoms with van der Waals surface area (Å²) in [6.07, 6.45) is 0. The van der Waals surface area contributed by atoms with Crippen LogP contribution in [0, 0.1) is 5.92 Å². The first-order valence-electron chi connectivity index (χ1n) is 5.19. The lowest BCUT2D eigenvalue weighted by molar-refractivity contribution is 0.418. The van der Waals surface area contributed by atoms with Crippen LogP contribution >= 0.6 is 0 Å². The number of aromatic hydroxyl groups is 1. The van der Waals surface area contributed by atoms with Gasteiger partial charge in [-0.15, -0.1) is 0 Å². The van der Waals surface area contributed by atoms with E-state index in [1.54, 1.807) is 6.07 Å². The lowest BCUT2D eigenvalue weighted by atomic mass is 10.1. The molecule has 1 fully saturated rings. The van der Waals surface area contributed by atoms with Crippen molar-refractivity contribution < 1.29 is 5.11 Å². The summed E-state index contributed by atoms with van der Waals surface area (Å²) < 4.78 is 0. The maximum absolute atomic E-state index is 9.59. The third-order valence-corrected chi connectivity index (χ3v) is 2.89. The van der Waals surface area contributed by atoms with Crippen LogP contribution in [0.3, 0.4) is 0 Å². The van der Waals surface area contributed by atoms with Gasteiger partial charge >= 0.3 is 0 Å². The standard InChI is InChI=1S/C12H17NO/c1-9(2)11-8-13(11)7-10-5-3-4-6-12(10)14/h3-6,9,11,14H,7-8H2,1-2H3/t11-,13?/m1/s1. The molecule has 0 spiro atoms. The lowest BCUT2D eigenvalue weighted by Crippen LogP contribution is -2.07. The topological polar surface area (TPSA) is 23.2 Å². The lowest BCUT2D eigenvalue weighted by Gasteiger charge is -2.07. The maximum atomic E-state index is 9.59. The van der Waals surface area contributed by atoms with E-state index in [1.165, 1.54) is 6.54 Å². The van der Waals surface area contributed by atoms with Crippen molar-refractivity contribution in [1.29, 1.82) is 0 Å². The molecular formula is C12H17NO. The molecule has 2 nitrogen and oxygen atoms in total. The Hall–Kier alpha value is -1.02. The first-order valence-corrected chi connectivity index (χ1v) is 5.19. The van der Waals surface area contributed by atoms with Crippen molar-refractivity contribution in [2.24, 2.45) is 5.92 Å². The zero-order chi connectivity index (χ0) is 10.1. The van der Waals surface area contributed by atoms with Crippen LogP contribution in [0.15, 0.2) is 24.3 Å². The highest BCUT2D eigenvalue weighted by molar-refractivity contribution is 5.32. The molecule has 0 amide bonds. The fourth-order valence-electron chi connectivity index (χ4n) is 1.87. The normalized spacial score (nSPS) is 25.4. The molecule has 1 saturated heterocycles. The van der Waals surface area contributed by atoms with Gasteiger partial charge in [0, 0.05) is 24.7 Å². The van der Waals surface area contributed by atoms with Crippen molar-refractivity contribution in [1.82, 2.24) is 4.90 Å². The van der Waals surface area contributed by atoms with Crippen molar-refractivity contribution in [2.75, 3.05) is 6.54 Å². The van der Waals surface area contributed by atoms with Gasteiger partial charge in [-0.1, -0.05) is 32.0 Å². The molecule has 0 bridgehead atoms. The molecule has 0 aromatic heterocycles. The van der Waals surface area contributed by atoms with E-state index in [4.69, 9.17) is 0 Å². The molecule has 2 atom stereocenters. The minimum absolute atomic E-state index is 0.418. The Bertz CT molecular complexity index is 322. The van der Waals surface area contributed by atoms with Gasteiger partial charge in [0.05, 0.1) is 0 Å². The number of para-hydroxylation sites is 1. The van der Waals surface area contributed by atoms with E-state index in [-0.39, 0.29) is 0 Å². The summed E-state index contributed by atoms with van der Waals surface area (Å²) in [5.74, 6) is 1.14. The van der Waals surface area contributed by atoms with E-state index in [0.717, 1.165) is 24.1 Å². The van der Waals surface area contributed by atoms with E-state index in [2.05, 4.69) is 18.7 Å². The molecule has 1 aliphatic heterocycles. The Morgan fingerprint density at radius 2 is 2.14 bits per heavy atom. The molecule has 76 valence electrons. The zero-order valence-electron chi connectivity index (χ0n) is 8.77. The number of rotatable bonds is 3. The van der Waals surface area contributed by atoms with Crippen molar-refractivity contribution in [3.05, 3.63) is 29.8 Å². The second-order valence-corrected chi connectivity index (χ2v) is 4.37. The molecular weight excluding hydrogens is 174 g/mol. The molecule has 1 aliphatic rings. The summed E-state index contributed by atoms with van der Waals surface area (Å²) in [4.78, 5) is 2.39. The minimum atomic E-state index is 0.418. The van der Waals surface area contributed by atoms with Crippen LogP contribution in [0.4, 0.5) is 0 Å². The Kier molecular flexibility index (Phi) is 2.46. The van der Waals surface area contributed by atoms with Crippen molar-refractivity contribution in [3.8, 4) is 5.75 Å². The van der Waals surface area contributed by atoms with Crippen LogP contribution in [0.1, 0.15) is 19.4 Å². The molecule has 2 rings (SSSR count). The Labute approximate surface area is 85.2 Å². The monoisotopic (exact) mass is 191 g/mol. The van der Waals surface area contributed by atoms with Gasteiger partial charge in [0.15, 0.2) is 0 Å². The molecule has 1 heterocycles. The average Bonchev–Trinajstić information content (AvgIpc) is 2.88. The van der Waals surface area contributed by atoms with Crippen molar-refractivity contribution >= 4 is 0 Å². The Morgan fingerprint density at radius 1 is 1.43 bits per heavy atom. The highest BCUT2D eigenvalue weighted by Crippen LogP contribution is 2.29. The van der Waals surface area contributed by atoms with E-state index >= 15 is 0 Å². The molecule has 1 aromatic rings. The highest BCUT2D eigenvalue weighted by atomic mass is 16.3. The fraction of sp³-hybridized carbons (Fsp3) is 0.500. The molecule has 1 unspecified atom stereocenters. The number of phenols is 1. The first kappa shape index (κ1) is 9.53. The molecule has 0 aliphatic carbocycles. The van der Waals surface area contributed by atoms with Crippen molar-refractivity contribution in [2.45, 2.75) is 26.4 Å². The molecule has 0 radical (unpaired) electrons. The van der Waals surface area contributed by atoms with Gasteiger partial charge in [-0.3, -0.25) is 4.90 Å². The van der Waals surface area contributed by atoms with E-state index in [1.807, 2.05) is 18.2 Å². The smallest absolute Gasteiger partial charge is 0.120 e. The van der Waals surface area contributed by atoms with Crippen LogP contribution in [0.25, 0.3) is 0 Å². The number of nitrogens with zero attached hydrogens (tertiary/aromatic N) is 1. The van der Waals surface area contributed by atoms with Crippen LogP contribution < -0.4 is 0 Å². The van der Waals surface area contributed by atoms with Gasteiger partial charge in [0.25, 0.3) is 0 Å². The predicted octanol–water partition coefficient (Wildman–Crippen LogP) is 2.23. The van der Waals surface area contributed by atoms with Gasteiger partial charge in [0.2, 0.25) is 0 Å². The summed E-state index contributed by atoms with van der Waals surface area (Å²) in [6, 6.07) is 8.30. The molecule has 1 aromatic carbocycles. The van der Waals surface area contributed by atoms with Gasteiger partial charge in [0.1, 0.15) is 5.75 Å². The van der Waals surface area contributed by atoms with Gasteiger partial charge in [-0.25, -0.2) is 0 Å². The molecule has 0 saturated carbocycles. The third kappa shape index (κ3) is 1.90. The molecule has 1 N–H and O–H groups in total. The van der Waals surface area contributed by atoms with Gasteiger partial charge in [-0.05, 0) is 12.0 Å². The highest BCUT2D eigenvalue weighted by Gasteiger charge is 2.36. The van der Waals surface area contributed by atoms with Gasteiger partial charge in [-0.2, -0.15) is 0 Å². The molecule has 14 heavy (non-hydrogen) atoms. The summed E-state index contributed by atoms with van der Waals surface area (Å²) in [5, 5.41) is 9.59. The largest absolute Gasteiger partial charge is 0.508 e. The second kappa shape index (κ2) is 3.62. The summed E-state index contributed by atoms with van der Waals surface area (Å²) >= 11 is 0. The Morgan fingerprint density at radius 3 is 2.71 bits per heavy atom. The summed E-state index contributed by atoms with van der Waals surface area (Å²) in [7, 11) is 0. The third-order valence-electron chi connectivity index (χ3n) is 2.89. The van der Waals surface area contributed by atoms with Gasteiger partial charge < -0.3 is 5.11 Å². The number of hydrogen-bond acceptors (Lipinski definition) is 2. The average molecular weight is 191 g/mol. The maximum Gasteiger partial charge on any atom is 0.120 e. The number of benzene rings is 1. The first-order chi connectivity index (χ1) is 6.68. The minimum Gasteiger partial charge on any atom is -0.508 e. The van der Waals surface area contributed by atoms with E-state index < -0.39 is 0 Å². The van der Waals surface area contributed by atoms with Crippen LogP contribution in [-0.2, 0) is 6.54 Å². The number of phenolic OH excluding ortho intramolecular Hbond substituents is 1. The van der Waals surface area contributed by atoms with Crippen LogP contribution in [-0.4, -0.2) is 22.6 Å². The fourth-order valence-corrected chi connectivity index (χ4v) is 1.87. The Balaban J connectivity index is 1.97. The summed E-state index contributed by atoms with van der Waals surface area (Å²) in [5.41, 5.74) is 1.04. The quantitative estimate of drug-likeness (QED) is 0.740. The van der Waals surface area contributed by atoms with Crippen molar-refractivity contribution in [3.63, 3.8) is 0 Å². The van der Waals surface area contributed by atoms with E-state index in [0.29, 0.717) is 5.75 Å². The second-order valence-electron chi connectivity index (χ2n) is 4.37. The SMILES string of the molecule is CC(C)[C@H]1CN1Cc1ccccc1O. The van der Waals surface area contributed by atoms with E-state index in [9.17, 15) is 5.11 Å². The van der Waals surface area contributed by atoms with Crippen LogP contribution in [0.2, 0.25) is 0 Å². The zero-order valence-corrected chi connectivity index (χ0v) is 8.77. The predicted molar refractivity (Wildman–Crippen MR) is 57.1 cm³/mol. The summed E-state index contributed by atoms with van der Waals surface area (Å²) in [6.45, 7) is 6.55. The number of hydrogen-bond donors (Lipinski definition) is 1. The molecule has 2 heteroatoms. The van der Waals surface area contributed by atoms with Crippen LogP contribution in [0.5, 0.6) is 5.75 Å².